The number of rotatable bonds is 4. The molecule has 0 spiro atoms. The van der Waals surface area contributed by atoms with Crippen LogP contribution in [0.25, 0.3) is 0 Å². The molecule has 0 radical (unpaired) electrons. The third kappa shape index (κ3) is 4.43. The maximum absolute atomic E-state index is 6.18. The van der Waals surface area contributed by atoms with Gasteiger partial charge in [-0.25, -0.2) is 0 Å². The summed E-state index contributed by atoms with van der Waals surface area (Å²) in [6.07, 6.45) is 0. The summed E-state index contributed by atoms with van der Waals surface area (Å²) in [6, 6.07) is 9.13. The Labute approximate surface area is 112 Å². The lowest BCUT2D eigenvalue weighted by Gasteiger charge is -2.35. The molecule has 0 heterocycles. The van der Waals surface area contributed by atoms with Crippen molar-refractivity contribution in [3.05, 3.63) is 35.4 Å². The van der Waals surface area contributed by atoms with E-state index in [9.17, 15) is 0 Å². The van der Waals surface area contributed by atoms with E-state index >= 15 is 0 Å². The third-order valence-electron chi connectivity index (χ3n) is 3.12. The fraction of sp³-hybridized carbons (Fsp3) is 0.625. The SMILES string of the molecule is Cc1ccc(C(C(C)N)N(C)CC(C)(C)C)cc1. The van der Waals surface area contributed by atoms with Crippen molar-refractivity contribution in [2.24, 2.45) is 11.1 Å². The zero-order valence-corrected chi connectivity index (χ0v) is 12.7. The van der Waals surface area contributed by atoms with Gasteiger partial charge in [0.15, 0.2) is 0 Å². The molecule has 1 rings (SSSR count). The molecule has 1 aromatic carbocycles. The van der Waals surface area contributed by atoms with Gasteiger partial charge in [0.05, 0.1) is 0 Å². The smallest absolute Gasteiger partial charge is 0.0493 e. The number of likely N-dealkylation sites (N-methyl/N-ethyl adjacent to an activating group) is 1. The van der Waals surface area contributed by atoms with Gasteiger partial charge in [-0.05, 0) is 31.9 Å². The van der Waals surface area contributed by atoms with Crippen molar-refractivity contribution in [3.63, 3.8) is 0 Å². The van der Waals surface area contributed by atoms with Gasteiger partial charge in [-0.15, -0.1) is 0 Å². The molecule has 2 unspecified atom stereocenters. The van der Waals surface area contributed by atoms with Gasteiger partial charge in [-0.2, -0.15) is 0 Å². The first-order chi connectivity index (χ1) is 8.20. The van der Waals surface area contributed by atoms with E-state index in [2.05, 4.69) is 70.8 Å². The molecule has 2 N–H and O–H groups in total. The van der Waals surface area contributed by atoms with Crippen LogP contribution in [0, 0.1) is 12.3 Å². The molecule has 0 saturated carbocycles. The van der Waals surface area contributed by atoms with E-state index in [0.717, 1.165) is 6.54 Å². The van der Waals surface area contributed by atoms with Crippen LogP contribution < -0.4 is 5.73 Å². The molecule has 2 nitrogen and oxygen atoms in total. The summed E-state index contributed by atoms with van der Waals surface area (Å²) in [6.45, 7) is 12.0. The topological polar surface area (TPSA) is 29.3 Å². The molecule has 1 aromatic rings. The molecule has 0 fully saturated rings. The lowest BCUT2D eigenvalue weighted by atomic mass is 9.92. The van der Waals surface area contributed by atoms with Crippen molar-refractivity contribution in [2.45, 2.75) is 46.7 Å². The maximum Gasteiger partial charge on any atom is 0.0493 e. The van der Waals surface area contributed by atoms with E-state index in [4.69, 9.17) is 5.73 Å². The van der Waals surface area contributed by atoms with Crippen molar-refractivity contribution in [1.82, 2.24) is 4.90 Å². The van der Waals surface area contributed by atoms with Crippen molar-refractivity contribution < 1.29 is 0 Å². The summed E-state index contributed by atoms with van der Waals surface area (Å²) >= 11 is 0. The van der Waals surface area contributed by atoms with Crippen molar-refractivity contribution in [2.75, 3.05) is 13.6 Å². The Hall–Kier alpha value is -0.860. The summed E-state index contributed by atoms with van der Waals surface area (Å²) in [5.74, 6) is 0. The molecule has 18 heavy (non-hydrogen) atoms. The van der Waals surface area contributed by atoms with Crippen LogP contribution in [0.4, 0.5) is 0 Å². The van der Waals surface area contributed by atoms with Crippen LogP contribution >= 0.6 is 0 Å². The van der Waals surface area contributed by atoms with Gasteiger partial charge >= 0.3 is 0 Å². The lowest BCUT2D eigenvalue weighted by Crippen LogP contribution is -2.41. The predicted octanol–water partition coefficient (Wildman–Crippen LogP) is 3.36. The normalized spacial score (nSPS) is 15.8. The third-order valence-corrected chi connectivity index (χ3v) is 3.12. The summed E-state index contributed by atoms with van der Waals surface area (Å²) in [5.41, 5.74) is 9.07. The maximum atomic E-state index is 6.18. The molecule has 0 aliphatic heterocycles. The highest BCUT2D eigenvalue weighted by atomic mass is 15.1. The first-order valence-electron chi connectivity index (χ1n) is 6.73. The lowest BCUT2D eigenvalue weighted by molar-refractivity contribution is 0.156. The summed E-state index contributed by atoms with van der Waals surface area (Å²) in [5, 5.41) is 0. The van der Waals surface area contributed by atoms with E-state index in [0.29, 0.717) is 0 Å². The molecule has 0 amide bonds. The van der Waals surface area contributed by atoms with Crippen LogP contribution in [0.5, 0.6) is 0 Å². The number of aryl methyl sites for hydroxylation is 1. The van der Waals surface area contributed by atoms with Crippen LogP contribution in [-0.4, -0.2) is 24.5 Å². The molecular weight excluding hydrogens is 220 g/mol. The van der Waals surface area contributed by atoms with Gasteiger partial charge in [0.2, 0.25) is 0 Å². The van der Waals surface area contributed by atoms with E-state index < -0.39 is 0 Å². The minimum atomic E-state index is 0.125. The fourth-order valence-electron chi connectivity index (χ4n) is 2.57. The Morgan fingerprint density at radius 2 is 1.67 bits per heavy atom. The van der Waals surface area contributed by atoms with Gasteiger partial charge < -0.3 is 5.73 Å². The van der Waals surface area contributed by atoms with E-state index in [-0.39, 0.29) is 17.5 Å². The Balaban J connectivity index is 2.92. The number of hydrogen-bond acceptors (Lipinski definition) is 2. The first kappa shape index (κ1) is 15.2. The van der Waals surface area contributed by atoms with Crippen LogP contribution in [-0.2, 0) is 0 Å². The van der Waals surface area contributed by atoms with Gasteiger partial charge in [0.25, 0.3) is 0 Å². The first-order valence-corrected chi connectivity index (χ1v) is 6.73. The van der Waals surface area contributed by atoms with Crippen molar-refractivity contribution in [3.8, 4) is 0 Å². The Morgan fingerprint density at radius 1 is 1.17 bits per heavy atom. The second-order valence-corrected chi connectivity index (χ2v) is 6.69. The number of nitrogens with two attached hydrogens (primary N) is 1. The quantitative estimate of drug-likeness (QED) is 0.885. The average molecular weight is 248 g/mol. The number of benzene rings is 1. The number of hydrogen-bond donors (Lipinski definition) is 1. The van der Waals surface area contributed by atoms with Crippen molar-refractivity contribution in [1.29, 1.82) is 0 Å². The Kier molecular flexibility index (Phi) is 4.94. The highest BCUT2D eigenvalue weighted by Gasteiger charge is 2.24. The van der Waals surface area contributed by atoms with Crippen LogP contribution in [0.2, 0.25) is 0 Å². The summed E-state index contributed by atoms with van der Waals surface area (Å²) in [4.78, 5) is 2.37. The molecule has 0 aromatic heterocycles. The standard InChI is InChI=1S/C16H28N2/c1-12-7-9-14(10-8-12)15(13(2)17)18(6)11-16(3,4)5/h7-10,13,15H,11,17H2,1-6H3. The highest BCUT2D eigenvalue weighted by Crippen LogP contribution is 2.26. The molecule has 102 valence electrons. The average Bonchev–Trinajstić information content (AvgIpc) is 2.18. The second kappa shape index (κ2) is 5.85. The zero-order valence-electron chi connectivity index (χ0n) is 12.7. The van der Waals surface area contributed by atoms with Gasteiger partial charge in [0, 0.05) is 18.6 Å². The molecule has 0 aliphatic carbocycles. The monoisotopic (exact) mass is 248 g/mol. The molecule has 0 aliphatic rings. The van der Waals surface area contributed by atoms with E-state index in [1.807, 2.05) is 0 Å². The number of nitrogens with zero attached hydrogens (tertiary/aromatic N) is 1. The summed E-state index contributed by atoms with van der Waals surface area (Å²) < 4.78 is 0. The largest absolute Gasteiger partial charge is 0.326 e. The zero-order chi connectivity index (χ0) is 13.9. The minimum absolute atomic E-state index is 0.125. The van der Waals surface area contributed by atoms with E-state index in [1.54, 1.807) is 0 Å². The highest BCUT2D eigenvalue weighted by molar-refractivity contribution is 5.25. The van der Waals surface area contributed by atoms with E-state index in [1.165, 1.54) is 11.1 Å². The summed E-state index contributed by atoms with van der Waals surface area (Å²) in [7, 11) is 2.17. The predicted molar refractivity (Wildman–Crippen MR) is 79.7 cm³/mol. The minimum Gasteiger partial charge on any atom is -0.326 e. The van der Waals surface area contributed by atoms with Gasteiger partial charge in [0.1, 0.15) is 0 Å². The van der Waals surface area contributed by atoms with Crippen LogP contribution in [0.15, 0.2) is 24.3 Å². The van der Waals surface area contributed by atoms with Crippen LogP contribution in [0.1, 0.15) is 44.9 Å². The van der Waals surface area contributed by atoms with Gasteiger partial charge in [-0.1, -0.05) is 50.6 Å². The van der Waals surface area contributed by atoms with Gasteiger partial charge in [-0.3, -0.25) is 4.90 Å². The van der Waals surface area contributed by atoms with Crippen molar-refractivity contribution >= 4 is 0 Å². The van der Waals surface area contributed by atoms with Crippen LogP contribution in [0.3, 0.4) is 0 Å². The fourth-order valence-corrected chi connectivity index (χ4v) is 2.57. The second-order valence-electron chi connectivity index (χ2n) is 6.69. The molecule has 2 heteroatoms. The molecule has 0 saturated heterocycles. The molecule has 2 atom stereocenters. The Bertz CT molecular complexity index is 360. The molecule has 0 bridgehead atoms. The Morgan fingerprint density at radius 3 is 2.06 bits per heavy atom. The molecular formula is C16H28N2.